The van der Waals surface area contributed by atoms with Crippen molar-refractivity contribution in [2.75, 3.05) is 0 Å². The van der Waals surface area contributed by atoms with Crippen molar-refractivity contribution in [2.45, 2.75) is 13.0 Å². The molecule has 5 heteroatoms. The molecule has 1 unspecified atom stereocenters. The molecule has 0 saturated heterocycles. The summed E-state index contributed by atoms with van der Waals surface area (Å²) in [5, 5.41) is 12.4. The van der Waals surface area contributed by atoms with Gasteiger partial charge in [-0.2, -0.15) is 0 Å². The zero-order valence-corrected chi connectivity index (χ0v) is 10.8. The number of rotatable bonds is 2. The smallest absolute Gasteiger partial charge is 0.131 e. The minimum absolute atomic E-state index is 0.352. The fourth-order valence-corrected chi connectivity index (χ4v) is 2.70. The molecule has 0 bridgehead atoms. The highest BCUT2D eigenvalue weighted by molar-refractivity contribution is 9.10. The third-order valence-corrected chi connectivity index (χ3v) is 3.87. The summed E-state index contributed by atoms with van der Waals surface area (Å²) >= 11 is 4.56. The molecule has 2 rings (SSSR count). The lowest BCUT2D eigenvalue weighted by molar-refractivity contribution is 0.218. The second-order valence-electron chi connectivity index (χ2n) is 3.41. The van der Waals surface area contributed by atoms with Crippen LogP contribution in [0, 0.1) is 12.7 Å². The number of halogens is 2. The van der Waals surface area contributed by atoms with Gasteiger partial charge in [-0.25, -0.2) is 9.37 Å². The lowest BCUT2D eigenvalue weighted by Crippen LogP contribution is -2.02. The molecule has 1 aromatic heterocycles. The van der Waals surface area contributed by atoms with Crippen molar-refractivity contribution in [3.05, 3.63) is 50.1 Å². The van der Waals surface area contributed by atoms with Gasteiger partial charge in [-0.15, -0.1) is 11.3 Å². The van der Waals surface area contributed by atoms with Crippen LogP contribution in [0.2, 0.25) is 0 Å². The number of aliphatic hydroxyl groups is 1. The first-order chi connectivity index (χ1) is 7.58. The normalized spacial score (nSPS) is 12.8. The number of aryl methyl sites for hydroxylation is 1. The molecule has 1 N–H and O–H groups in total. The summed E-state index contributed by atoms with van der Waals surface area (Å²) < 4.78 is 13.8. The molecule has 2 nitrogen and oxygen atoms in total. The van der Waals surface area contributed by atoms with Gasteiger partial charge < -0.3 is 5.11 Å². The minimum Gasteiger partial charge on any atom is -0.381 e. The van der Waals surface area contributed by atoms with Crippen LogP contribution in [-0.2, 0) is 0 Å². The predicted molar refractivity (Wildman–Crippen MR) is 65.0 cm³/mol. The van der Waals surface area contributed by atoms with Gasteiger partial charge in [-0.1, -0.05) is 6.07 Å². The molecule has 0 saturated carbocycles. The van der Waals surface area contributed by atoms with E-state index in [1.807, 2.05) is 6.92 Å². The van der Waals surface area contributed by atoms with Gasteiger partial charge in [-0.3, -0.25) is 0 Å². The van der Waals surface area contributed by atoms with Gasteiger partial charge in [0.05, 0.1) is 0 Å². The number of benzene rings is 1. The van der Waals surface area contributed by atoms with Crippen LogP contribution in [-0.4, -0.2) is 10.1 Å². The van der Waals surface area contributed by atoms with Crippen LogP contribution >= 0.6 is 27.3 Å². The second-order valence-corrected chi connectivity index (χ2v) is 5.11. The molecule has 1 heterocycles. The average Bonchev–Trinajstić information content (AvgIpc) is 2.67. The van der Waals surface area contributed by atoms with Crippen molar-refractivity contribution >= 4 is 27.3 Å². The highest BCUT2D eigenvalue weighted by Crippen LogP contribution is 2.28. The van der Waals surface area contributed by atoms with Crippen molar-refractivity contribution in [1.82, 2.24) is 4.98 Å². The summed E-state index contributed by atoms with van der Waals surface area (Å²) in [5.41, 5.74) is 1.40. The zero-order chi connectivity index (χ0) is 11.7. The van der Waals surface area contributed by atoms with Crippen LogP contribution < -0.4 is 0 Å². The fraction of sp³-hybridized carbons (Fsp3) is 0.182. The van der Waals surface area contributed by atoms with Gasteiger partial charge >= 0.3 is 0 Å². The number of aromatic nitrogens is 1. The van der Waals surface area contributed by atoms with E-state index in [9.17, 15) is 9.50 Å². The van der Waals surface area contributed by atoms with Crippen molar-refractivity contribution in [3.63, 3.8) is 0 Å². The predicted octanol–water partition coefficient (Wildman–Crippen LogP) is 3.43. The number of thiazole rings is 1. The van der Waals surface area contributed by atoms with Gasteiger partial charge in [0.2, 0.25) is 0 Å². The van der Waals surface area contributed by atoms with E-state index in [-0.39, 0.29) is 5.82 Å². The van der Waals surface area contributed by atoms with E-state index in [1.165, 1.54) is 23.5 Å². The summed E-state index contributed by atoms with van der Waals surface area (Å²) in [7, 11) is 0. The average molecular weight is 302 g/mol. The molecule has 0 fully saturated rings. The standard InChI is InChI=1S/C11H9BrFNOS/c1-6-2-3-7(13)4-8(6)10(15)11-14-9(12)5-16-11/h2-5,10,15H,1H3. The Balaban J connectivity index is 2.40. The van der Waals surface area contributed by atoms with Gasteiger partial charge in [-0.05, 0) is 46.1 Å². The van der Waals surface area contributed by atoms with E-state index in [0.717, 1.165) is 5.56 Å². The highest BCUT2D eigenvalue weighted by atomic mass is 79.9. The topological polar surface area (TPSA) is 33.1 Å². The third-order valence-electron chi connectivity index (χ3n) is 2.26. The number of nitrogens with zero attached hydrogens (tertiary/aromatic N) is 1. The van der Waals surface area contributed by atoms with Gasteiger partial charge in [0.15, 0.2) is 0 Å². The lowest BCUT2D eigenvalue weighted by atomic mass is 10.0. The molecule has 0 spiro atoms. The number of hydrogen-bond acceptors (Lipinski definition) is 3. The van der Waals surface area contributed by atoms with E-state index >= 15 is 0 Å². The third kappa shape index (κ3) is 2.31. The van der Waals surface area contributed by atoms with E-state index < -0.39 is 6.10 Å². The Kier molecular flexibility index (Phi) is 3.37. The monoisotopic (exact) mass is 301 g/mol. The van der Waals surface area contributed by atoms with Crippen LogP contribution in [0.3, 0.4) is 0 Å². The molecule has 1 aromatic carbocycles. The number of hydrogen-bond donors (Lipinski definition) is 1. The van der Waals surface area contributed by atoms with Gasteiger partial charge in [0, 0.05) is 5.38 Å². The second kappa shape index (κ2) is 4.61. The Bertz CT molecular complexity index is 514. The van der Waals surface area contributed by atoms with Gasteiger partial charge in [0.25, 0.3) is 0 Å². The minimum atomic E-state index is -0.869. The molecular formula is C11H9BrFNOS. The maximum absolute atomic E-state index is 13.1. The molecule has 0 aliphatic rings. The first-order valence-corrected chi connectivity index (χ1v) is 6.30. The van der Waals surface area contributed by atoms with E-state index in [4.69, 9.17) is 0 Å². The first-order valence-electron chi connectivity index (χ1n) is 4.63. The number of aliphatic hydroxyl groups excluding tert-OH is 1. The van der Waals surface area contributed by atoms with Gasteiger partial charge in [0.1, 0.15) is 21.5 Å². The molecule has 0 radical (unpaired) electrons. The maximum atomic E-state index is 13.1. The Labute approximate surface area is 105 Å². The van der Waals surface area contributed by atoms with Crippen LogP contribution in [0.4, 0.5) is 4.39 Å². The molecule has 84 valence electrons. The van der Waals surface area contributed by atoms with Crippen LogP contribution in [0.5, 0.6) is 0 Å². The Hall–Kier alpha value is -0.780. The van der Waals surface area contributed by atoms with Crippen LogP contribution in [0.15, 0.2) is 28.2 Å². The largest absolute Gasteiger partial charge is 0.381 e. The Morgan fingerprint density at radius 3 is 2.88 bits per heavy atom. The van der Waals surface area contributed by atoms with E-state index in [1.54, 1.807) is 11.4 Å². The van der Waals surface area contributed by atoms with Crippen molar-refractivity contribution in [3.8, 4) is 0 Å². The van der Waals surface area contributed by atoms with Crippen LogP contribution in [0.25, 0.3) is 0 Å². The quantitative estimate of drug-likeness (QED) is 0.922. The Morgan fingerprint density at radius 1 is 1.50 bits per heavy atom. The molecule has 2 aromatic rings. The summed E-state index contributed by atoms with van der Waals surface area (Å²) in [6.45, 7) is 1.83. The van der Waals surface area contributed by atoms with E-state index in [0.29, 0.717) is 15.2 Å². The molecular weight excluding hydrogens is 293 g/mol. The van der Waals surface area contributed by atoms with Crippen molar-refractivity contribution in [2.24, 2.45) is 0 Å². The summed E-state index contributed by atoms with van der Waals surface area (Å²) in [6, 6.07) is 4.37. The first kappa shape index (κ1) is 11.7. The van der Waals surface area contributed by atoms with Crippen molar-refractivity contribution < 1.29 is 9.50 Å². The maximum Gasteiger partial charge on any atom is 0.131 e. The molecule has 16 heavy (non-hydrogen) atoms. The molecule has 0 aliphatic heterocycles. The molecule has 0 aliphatic carbocycles. The lowest BCUT2D eigenvalue weighted by Gasteiger charge is -2.11. The van der Waals surface area contributed by atoms with E-state index in [2.05, 4.69) is 20.9 Å². The Morgan fingerprint density at radius 2 is 2.25 bits per heavy atom. The SMILES string of the molecule is Cc1ccc(F)cc1C(O)c1nc(Br)cs1. The van der Waals surface area contributed by atoms with Crippen molar-refractivity contribution in [1.29, 1.82) is 0 Å². The van der Waals surface area contributed by atoms with Crippen LogP contribution in [0.1, 0.15) is 22.2 Å². The zero-order valence-electron chi connectivity index (χ0n) is 8.45. The summed E-state index contributed by atoms with van der Waals surface area (Å²) in [6.07, 6.45) is -0.869. The fourth-order valence-electron chi connectivity index (χ4n) is 1.43. The molecule has 0 amide bonds. The molecule has 1 atom stereocenters. The summed E-state index contributed by atoms with van der Waals surface area (Å²) in [5.74, 6) is -0.352. The summed E-state index contributed by atoms with van der Waals surface area (Å²) in [4.78, 5) is 4.12. The highest BCUT2D eigenvalue weighted by Gasteiger charge is 2.16.